The first-order chi connectivity index (χ1) is 13.0. The minimum Gasteiger partial charge on any atom is -0.480 e. The Labute approximate surface area is 163 Å². The average molecular weight is 393 g/mol. The summed E-state index contributed by atoms with van der Waals surface area (Å²) in [5.41, 5.74) is 2.78. The van der Waals surface area contributed by atoms with Gasteiger partial charge in [-0.1, -0.05) is 76.1 Å². The van der Waals surface area contributed by atoms with Crippen LogP contribution >= 0.6 is 0 Å². The molecule has 0 aliphatic carbocycles. The highest BCUT2D eigenvalue weighted by atomic mass is 32.2. The first-order valence-corrected chi connectivity index (χ1v) is 11.4. The summed E-state index contributed by atoms with van der Waals surface area (Å²) in [7, 11) is -3.83. The molecule has 5 heteroatoms. The number of benzene rings is 1. The van der Waals surface area contributed by atoms with E-state index in [2.05, 4.69) is 12.3 Å². The molecule has 0 bridgehead atoms. The predicted octanol–water partition coefficient (Wildman–Crippen LogP) is 5.55. The topological polar surface area (TPSA) is 71.4 Å². The van der Waals surface area contributed by atoms with Crippen molar-refractivity contribution in [2.45, 2.75) is 80.8 Å². The predicted molar refractivity (Wildman–Crippen MR) is 110 cm³/mol. The standard InChI is InChI=1S/C22H32O4S/c1-2-3-4-5-6-7-8-9-10-11-12-16-19-21(22(23)24)27(25,26)20-17-14-13-15-18-20/h3,13-15,17-18,21H,1,4-12,16,19H2,(H,23,24). The second-order valence-electron chi connectivity index (χ2n) is 6.85. The molecule has 0 saturated heterocycles. The molecule has 0 aliphatic heterocycles. The van der Waals surface area contributed by atoms with E-state index in [9.17, 15) is 18.3 Å². The van der Waals surface area contributed by atoms with Crippen LogP contribution in [0.2, 0.25) is 0 Å². The van der Waals surface area contributed by atoms with Crippen LogP contribution in [0, 0.1) is 0 Å². The molecule has 0 aromatic heterocycles. The van der Waals surface area contributed by atoms with Crippen LogP contribution in [0.3, 0.4) is 0 Å². The minimum atomic E-state index is -3.83. The van der Waals surface area contributed by atoms with Crippen LogP contribution in [0.25, 0.3) is 0 Å². The van der Waals surface area contributed by atoms with E-state index >= 15 is 0 Å². The molecule has 0 heterocycles. The van der Waals surface area contributed by atoms with Crippen molar-refractivity contribution in [3.05, 3.63) is 48.7 Å². The third-order valence-corrected chi connectivity index (χ3v) is 6.80. The minimum absolute atomic E-state index is 0.0842. The molecular formula is C22H32O4S. The highest BCUT2D eigenvalue weighted by molar-refractivity contribution is 7.92. The van der Waals surface area contributed by atoms with Gasteiger partial charge in [-0.2, -0.15) is 0 Å². The van der Waals surface area contributed by atoms with Crippen molar-refractivity contribution >= 4 is 15.8 Å². The van der Waals surface area contributed by atoms with Crippen molar-refractivity contribution in [3.63, 3.8) is 0 Å². The summed E-state index contributed by atoms with van der Waals surface area (Å²) in [6.07, 6.45) is 12.9. The van der Waals surface area contributed by atoms with Crippen molar-refractivity contribution in [1.82, 2.24) is 0 Å². The molecule has 0 spiro atoms. The highest BCUT2D eigenvalue weighted by Gasteiger charge is 2.33. The summed E-state index contributed by atoms with van der Waals surface area (Å²) in [6.45, 7) is 3.55. The molecule has 0 aliphatic rings. The molecule has 0 fully saturated rings. The van der Waals surface area contributed by atoms with Crippen molar-refractivity contribution in [2.24, 2.45) is 0 Å². The zero-order chi connectivity index (χ0) is 20.0. The van der Waals surface area contributed by atoms with Gasteiger partial charge in [0.2, 0.25) is 0 Å². The quantitative estimate of drug-likeness (QED) is 0.314. The molecule has 27 heavy (non-hydrogen) atoms. The summed E-state index contributed by atoms with van der Waals surface area (Å²) in [5, 5.41) is 8.00. The van der Waals surface area contributed by atoms with E-state index in [-0.39, 0.29) is 11.3 Å². The SMILES string of the molecule is C=C=CCCCCCCCCCCCC(C(=O)O)S(=O)(=O)c1ccccc1. The molecule has 1 aromatic rings. The van der Waals surface area contributed by atoms with Gasteiger partial charge < -0.3 is 5.11 Å². The van der Waals surface area contributed by atoms with Gasteiger partial charge in [-0.15, -0.1) is 5.73 Å². The van der Waals surface area contributed by atoms with Crippen molar-refractivity contribution in [2.75, 3.05) is 0 Å². The van der Waals surface area contributed by atoms with Gasteiger partial charge >= 0.3 is 5.97 Å². The number of aliphatic carboxylic acids is 1. The lowest BCUT2D eigenvalue weighted by atomic mass is 10.1. The molecule has 0 amide bonds. The van der Waals surface area contributed by atoms with E-state index in [4.69, 9.17) is 0 Å². The van der Waals surface area contributed by atoms with Gasteiger partial charge in [0.25, 0.3) is 0 Å². The number of hydrogen-bond donors (Lipinski definition) is 1. The van der Waals surface area contributed by atoms with Gasteiger partial charge in [0, 0.05) is 0 Å². The van der Waals surface area contributed by atoms with Crippen molar-refractivity contribution in [1.29, 1.82) is 0 Å². The maximum atomic E-state index is 12.5. The Hall–Kier alpha value is -1.84. The summed E-state index contributed by atoms with van der Waals surface area (Å²) >= 11 is 0. The summed E-state index contributed by atoms with van der Waals surface area (Å²) in [6, 6.07) is 7.86. The van der Waals surface area contributed by atoms with Gasteiger partial charge in [0.05, 0.1) is 4.90 Å². The lowest BCUT2D eigenvalue weighted by molar-refractivity contribution is -0.136. The monoisotopic (exact) mass is 392 g/mol. The van der Waals surface area contributed by atoms with Crippen LogP contribution in [0.5, 0.6) is 0 Å². The third-order valence-electron chi connectivity index (χ3n) is 4.68. The molecule has 1 rings (SSSR count). The average Bonchev–Trinajstić information content (AvgIpc) is 2.65. The number of carboxylic acids is 1. The zero-order valence-electron chi connectivity index (χ0n) is 16.1. The number of allylic oxidation sites excluding steroid dienone is 1. The van der Waals surface area contributed by atoms with Gasteiger partial charge in [0.15, 0.2) is 15.1 Å². The Morgan fingerprint density at radius 2 is 1.48 bits per heavy atom. The largest absolute Gasteiger partial charge is 0.480 e. The summed E-state index contributed by atoms with van der Waals surface area (Å²) < 4.78 is 25.0. The van der Waals surface area contributed by atoms with E-state index in [1.807, 2.05) is 6.08 Å². The van der Waals surface area contributed by atoms with Gasteiger partial charge in [0.1, 0.15) is 0 Å². The second kappa shape index (κ2) is 13.3. The number of rotatable bonds is 15. The molecule has 1 aromatic carbocycles. The molecule has 4 nitrogen and oxygen atoms in total. The fraction of sp³-hybridized carbons (Fsp3) is 0.545. The Balaban J connectivity index is 2.23. The Kier molecular flexibility index (Phi) is 11.5. The van der Waals surface area contributed by atoms with Crippen molar-refractivity contribution in [3.8, 4) is 0 Å². The van der Waals surface area contributed by atoms with Crippen LogP contribution in [-0.4, -0.2) is 24.7 Å². The highest BCUT2D eigenvalue weighted by Crippen LogP contribution is 2.21. The maximum absolute atomic E-state index is 12.5. The smallest absolute Gasteiger partial charge is 0.322 e. The van der Waals surface area contributed by atoms with Crippen LogP contribution in [0.4, 0.5) is 0 Å². The molecule has 1 N–H and O–H groups in total. The number of carboxylic acid groups (broad SMARTS) is 1. The van der Waals surface area contributed by atoms with Gasteiger partial charge in [-0.25, -0.2) is 8.42 Å². The molecule has 1 unspecified atom stereocenters. The van der Waals surface area contributed by atoms with E-state index in [0.717, 1.165) is 25.7 Å². The van der Waals surface area contributed by atoms with Crippen LogP contribution in [0.15, 0.2) is 53.6 Å². The molecule has 1 atom stereocenters. The zero-order valence-corrected chi connectivity index (χ0v) is 16.9. The fourth-order valence-electron chi connectivity index (χ4n) is 3.10. The van der Waals surface area contributed by atoms with Crippen LogP contribution in [0.1, 0.15) is 70.6 Å². The number of carbonyl (C=O) groups is 1. The van der Waals surface area contributed by atoms with E-state index in [1.165, 1.54) is 44.2 Å². The molecular weight excluding hydrogens is 360 g/mol. The maximum Gasteiger partial charge on any atom is 0.322 e. The van der Waals surface area contributed by atoms with Crippen molar-refractivity contribution < 1.29 is 18.3 Å². The fourth-order valence-corrected chi connectivity index (χ4v) is 4.71. The molecule has 0 radical (unpaired) electrons. The Morgan fingerprint density at radius 1 is 0.963 bits per heavy atom. The first kappa shape index (κ1) is 23.2. The van der Waals surface area contributed by atoms with E-state index in [1.54, 1.807) is 18.2 Å². The van der Waals surface area contributed by atoms with Crippen LogP contribution < -0.4 is 0 Å². The first-order valence-electron chi connectivity index (χ1n) is 9.86. The van der Waals surface area contributed by atoms with E-state index in [0.29, 0.717) is 6.42 Å². The summed E-state index contributed by atoms with van der Waals surface area (Å²) in [5.74, 6) is -1.26. The second-order valence-corrected chi connectivity index (χ2v) is 8.98. The lowest BCUT2D eigenvalue weighted by Gasteiger charge is -2.13. The lowest BCUT2D eigenvalue weighted by Crippen LogP contribution is -2.30. The van der Waals surface area contributed by atoms with Gasteiger partial charge in [-0.3, -0.25) is 4.79 Å². The normalized spacial score (nSPS) is 12.3. The Morgan fingerprint density at radius 3 is 2.00 bits per heavy atom. The number of unbranched alkanes of at least 4 members (excludes halogenated alkanes) is 9. The summed E-state index contributed by atoms with van der Waals surface area (Å²) in [4.78, 5) is 11.5. The van der Waals surface area contributed by atoms with E-state index < -0.39 is 21.1 Å². The number of hydrogen-bond acceptors (Lipinski definition) is 3. The molecule has 150 valence electrons. The van der Waals surface area contributed by atoms with Gasteiger partial charge in [-0.05, 0) is 37.5 Å². The molecule has 0 saturated carbocycles. The Bertz CT molecular complexity index is 688. The number of sulfone groups is 1. The third kappa shape index (κ3) is 9.07. The van der Waals surface area contributed by atoms with Crippen LogP contribution in [-0.2, 0) is 14.6 Å².